The molecule has 426 valence electrons. The maximum absolute atomic E-state index is 10.8. The zero-order valence-corrected chi connectivity index (χ0v) is 50.0. The first-order valence-electron chi connectivity index (χ1n) is 30.5. The third kappa shape index (κ3) is 11.4. The van der Waals surface area contributed by atoms with Crippen LogP contribution in [-0.2, 0) is 0 Å². The summed E-state index contributed by atoms with van der Waals surface area (Å²) in [7, 11) is 0. The van der Waals surface area contributed by atoms with Crippen molar-refractivity contribution in [2.75, 3.05) is 0 Å². The van der Waals surface area contributed by atoms with Gasteiger partial charge >= 0.3 is 0 Å². The molecule has 0 saturated carbocycles. The predicted molar refractivity (Wildman–Crippen MR) is 381 cm³/mol. The summed E-state index contributed by atoms with van der Waals surface area (Å²) in [5.74, 6) is 0.426. The molecule has 2 N–H and O–H groups in total. The van der Waals surface area contributed by atoms with Crippen LogP contribution >= 0.6 is 0 Å². The fourth-order valence-corrected chi connectivity index (χ4v) is 12.8. The van der Waals surface area contributed by atoms with Gasteiger partial charge in [-0.15, -0.1) is 0 Å². The molecule has 0 aromatic heterocycles. The van der Waals surface area contributed by atoms with Crippen molar-refractivity contribution in [3.8, 4) is 123 Å². The van der Waals surface area contributed by atoms with Crippen LogP contribution in [0.25, 0.3) is 144 Å². The first-order chi connectivity index (χ1) is 43.8. The maximum Gasteiger partial charge on any atom is 0.115 e. The third-order valence-electron chi connectivity index (χ3n) is 17.0. The number of allylic oxidation sites excluding steroid dienone is 8. The average molecular weight is 1140 g/mol. The molecule has 0 saturated heterocycles. The molecule has 0 aliphatic carbocycles. The molecule has 2 nitrogen and oxygen atoms in total. The highest BCUT2D eigenvalue weighted by Gasteiger charge is 2.25. The molecule has 0 spiro atoms. The van der Waals surface area contributed by atoms with Crippen molar-refractivity contribution in [1.82, 2.24) is 0 Å². The molecule has 89 heavy (non-hydrogen) atoms. The Hall–Kier alpha value is -11.3. The van der Waals surface area contributed by atoms with Crippen LogP contribution in [0.4, 0.5) is 0 Å². The highest BCUT2D eigenvalue weighted by Crippen LogP contribution is 2.51. The number of phenolic OH excluding ortho intramolecular Hbond substituents is 2. The highest BCUT2D eigenvalue weighted by atomic mass is 16.3. The monoisotopic (exact) mass is 1140 g/mol. The van der Waals surface area contributed by atoms with Crippen molar-refractivity contribution in [2.24, 2.45) is 0 Å². The standard InChI is InChI=1S/C87H66O2/c1-5-19-58(8-4)62-30-38-66(39-31-62)80-54-72(56-82(84(80)70-46-50-74(88)51-47-70)68-42-34-64(35-43-68)60-22-11-9-12-23-60)86-76-26-15-17-28-78(76)87(79-29-18-16-27-77(79)86)73-55-81(67-40-32-63(33-41-67)59(20-6-2)21-7-3)85(71-48-52-75(89)53-49-71)83(57-73)69-44-36-65(37-45-69)61-24-13-10-14-25-61/h5-6,8-57,88-89H,1,4,7H2,2-3H3/b20-6-,58-19+,59-21+. The van der Waals surface area contributed by atoms with Crippen molar-refractivity contribution < 1.29 is 10.2 Å². The molecule has 0 aliphatic rings. The summed E-state index contributed by atoms with van der Waals surface area (Å²) in [5.41, 5.74) is 26.1. The highest BCUT2D eigenvalue weighted by molar-refractivity contribution is 6.22. The topological polar surface area (TPSA) is 40.5 Å². The van der Waals surface area contributed by atoms with Crippen LogP contribution in [0, 0.1) is 0 Å². The largest absolute Gasteiger partial charge is 0.508 e. The van der Waals surface area contributed by atoms with Gasteiger partial charge < -0.3 is 10.2 Å². The van der Waals surface area contributed by atoms with Crippen LogP contribution in [-0.4, -0.2) is 10.2 Å². The van der Waals surface area contributed by atoms with Crippen LogP contribution in [0.3, 0.4) is 0 Å². The molecular formula is C87H66O2. The molecule has 0 heterocycles. The molecule has 13 aromatic carbocycles. The van der Waals surface area contributed by atoms with Crippen molar-refractivity contribution >= 4 is 32.7 Å². The summed E-state index contributed by atoms with van der Waals surface area (Å²) in [6.45, 7) is 12.4. The Morgan fingerprint density at radius 1 is 0.326 bits per heavy atom. The number of hydrogen-bond donors (Lipinski definition) is 2. The van der Waals surface area contributed by atoms with E-state index < -0.39 is 0 Å². The Bertz CT molecular complexity index is 4780. The van der Waals surface area contributed by atoms with Crippen molar-refractivity contribution in [2.45, 2.75) is 20.3 Å². The van der Waals surface area contributed by atoms with Crippen molar-refractivity contribution in [3.63, 3.8) is 0 Å². The fraction of sp³-hybridized carbons (Fsp3) is 0.0345. The molecule has 0 radical (unpaired) electrons. The zero-order valence-electron chi connectivity index (χ0n) is 50.0. The molecule has 13 rings (SSSR count). The molecule has 13 aromatic rings. The summed E-state index contributed by atoms with van der Waals surface area (Å²) >= 11 is 0. The Morgan fingerprint density at radius 3 is 0.955 bits per heavy atom. The lowest BCUT2D eigenvalue weighted by Crippen LogP contribution is -1.97. The molecule has 0 atom stereocenters. The van der Waals surface area contributed by atoms with Crippen LogP contribution in [0.15, 0.2) is 329 Å². The average Bonchev–Trinajstić information content (AvgIpc) is 0.776. The van der Waals surface area contributed by atoms with E-state index >= 15 is 0 Å². The minimum atomic E-state index is 0.209. The summed E-state index contributed by atoms with van der Waals surface area (Å²) < 4.78 is 0. The summed E-state index contributed by atoms with van der Waals surface area (Å²) in [4.78, 5) is 0. The SMILES string of the molecule is C=C/C=C(\C=C)c1ccc(-c2cc(-c3c4ccccc4c(-c4cc(-c5ccc(C(/C=C\C)=C/CC)cc5)c(-c5ccc(O)cc5)c(-c5ccc(-c6ccccc6)cc5)c4)c4ccccc34)cc(-c3ccc(-c4ccccc4)cc3)c2-c2ccc(O)cc2)cc1. The molecular weight excluding hydrogens is 1080 g/mol. The smallest absolute Gasteiger partial charge is 0.115 e. The van der Waals surface area contributed by atoms with Crippen LogP contribution < -0.4 is 0 Å². The first kappa shape index (κ1) is 56.8. The van der Waals surface area contributed by atoms with Crippen LogP contribution in [0.2, 0.25) is 0 Å². The fourth-order valence-electron chi connectivity index (χ4n) is 12.8. The Kier molecular flexibility index (Phi) is 16.2. The number of benzene rings is 13. The van der Waals surface area contributed by atoms with Gasteiger partial charge in [0.05, 0.1) is 0 Å². The van der Waals surface area contributed by atoms with E-state index in [1.807, 2.05) is 36.4 Å². The molecule has 0 aliphatic heterocycles. The molecule has 0 fully saturated rings. The van der Waals surface area contributed by atoms with Gasteiger partial charge in [0, 0.05) is 0 Å². The lowest BCUT2D eigenvalue weighted by Gasteiger charge is -2.23. The number of phenols is 2. The van der Waals surface area contributed by atoms with Gasteiger partial charge in [0.1, 0.15) is 11.5 Å². The number of fused-ring (bicyclic) bond motifs is 2. The van der Waals surface area contributed by atoms with Crippen molar-refractivity contribution in [1.29, 1.82) is 0 Å². The van der Waals surface area contributed by atoms with Gasteiger partial charge in [-0.2, -0.15) is 0 Å². The van der Waals surface area contributed by atoms with Gasteiger partial charge in [0.15, 0.2) is 0 Å². The Morgan fingerprint density at radius 2 is 0.629 bits per heavy atom. The molecule has 2 heteroatoms. The lowest BCUT2D eigenvalue weighted by atomic mass is 9.80. The second-order valence-corrected chi connectivity index (χ2v) is 22.5. The van der Waals surface area contributed by atoms with Gasteiger partial charge in [-0.1, -0.05) is 287 Å². The van der Waals surface area contributed by atoms with E-state index in [0.717, 1.165) is 156 Å². The number of rotatable bonds is 16. The van der Waals surface area contributed by atoms with E-state index in [0.29, 0.717) is 0 Å². The van der Waals surface area contributed by atoms with Gasteiger partial charge in [0.25, 0.3) is 0 Å². The van der Waals surface area contributed by atoms with E-state index in [4.69, 9.17) is 0 Å². The first-order valence-corrected chi connectivity index (χ1v) is 30.5. The third-order valence-corrected chi connectivity index (χ3v) is 17.0. The van der Waals surface area contributed by atoms with Crippen LogP contribution in [0.5, 0.6) is 11.5 Å². The maximum atomic E-state index is 10.8. The van der Waals surface area contributed by atoms with E-state index in [1.165, 1.54) is 5.57 Å². The summed E-state index contributed by atoms with van der Waals surface area (Å²) in [5, 5.41) is 26.0. The Labute approximate surface area is 522 Å². The lowest BCUT2D eigenvalue weighted by molar-refractivity contribution is 0.475. The minimum absolute atomic E-state index is 0.209. The van der Waals surface area contributed by atoms with E-state index in [9.17, 15) is 10.2 Å². The van der Waals surface area contributed by atoms with Gasteiger partial charge in [-0.3, -0.25) is 0 Å². The van der Waals surface area contributed by atoms with Crippen molar-refractivity contribution in [3.05, 3.63) is 340 Å². The van der Waals surface area contributed by atoms with E-state index in [2.05, 4.69) is 276 Å². The minimum Gasteiger partial charge on any atom is -0.508 e. The predicted octanol–water partition coefficient (Wildman–Crippen LogP) is 24.2. The van der Waals surface area contributed by atoms with Gasteiger partial charge in [-0.25, -0.2) is 0 Å². The summed E-state index contributed by atoms with van der Waals surface area (Å²) in [6.07, 6.45) is 13.2. The summed E-state index contributed by atoms with van der Waals surface area (Å²) in [6, 6.07) is 99.5. The second-order valence-electron chi connectivity index (χ2n) is 22.5. The van der Waals surface area contributed by atoms with Crippen LogP contribution in [0.1, 0.15) is 31.4 Å². The molecule has 0 bridgehead atoms. The zero-order chi connectivity index (χ0) is 60.8. The molecule has 0 unspecified atom stereocenters. The number of hydrogen-bond acceptors (Lipinski definition) is 2. The second kappa shape index (κ2) is 25.3. The van der Waals surface area contributed by atoms with Gasteiger partial charge in [0.2, 0.25) is 0 Å². The van der Waals surface area contributed by atoms with E-state index in [-0.39, 0.29) is 11.5 Å². The van der Waals surface area contributed by atoms with E-state index in [1.54, 1.807) is 30.3 Å². The van der Waals surface area contributed by atoms with Gasteiger partial charge in [-0.05, 0) is 217 Å². The Balaban J connectivity index is 1.10. The molecule has 0 amide bonds. The normalized spacial score (nSPS) is 11.8. The quantitative estimate of drug-likeness (QED) is 0.0748. The number of aromatic hydroxyl groups is 2.